The van der Waals surface area contributed by atoms with E-state index in [9.17, 15) is 4.79 Å². The van der Waals surface area contributed by atoms with E-state index in [2.05, 4.69) is 30.8 Å². The first-order valence-electron chi connectivity index (χ1n) is 13.9. The maximum atomic E-state index is 13.6. The van der Waals surface area contributed by atoms with Crippen molar-refractivity contribution in [1.82, 2.24) is 24.8 Å². The van der Waals surface area contributed by atoms with E-state index >= 15 is 0 Å². The first-order chi connectivity index (χ1) is 20.1. The number of hydrogen-bond acceptors (Lipinski definition) is 6. The van der Waals surface area contributed by atoms with Crippen LogP contribution in [0.3, 0.4) is 0 Å². The highest BCUT2D eigenvalue weighted by Crippen LogP contribution is 2.28. The van der Waals surface area contributed by atoms with Gasteiger partial charge in [-0.05, 0) is 35.6 Å². The maximum Gasteiger partial charge on any atom is 0.242 e. The summed E-state index contributed by atoms with van der Waals surface area (Å²) in [5.41, 5.74) is 2.52. The third-order valence-electron chi connectivity index (χ3n) is 7.29. The molecule has 4 aromatic rings. The topological polar surface area (TPSA) is 101 Å². The number of hydrogen-bond donors (Lipinski definition) is 3. The molecule has 10 heteroatoms. The van der Waals surface area contributed by atoms with Crippen molar-refractivity contribution in [2.24, 2.45) is 5.92 Å². The smallest absolute Gasteiger partial charge is 0.242 e. The Balaban J connectivity index is 1.36. The molecule has 5 rings (SSSR count). The van der Waals surface area contributed by atoms with Crippen molar-refractivity contribution >= 4 is 35.0 Å². The highest BCUT2D eigenvalue weighted by Gasteiger charge is 2.25. The number of carbonyl (C=O) groups excluding carboxylic acids is 1. The van der Waals surface area contributed by atoms with Crippen molar-refractivity contribution in [3.8, 4) is 5.82 Å². The molecule has 9 nitrogen and oxygen atoms in total. The molecule has 2 aromatic carbocycles. The second-order valence-electron chi connectivity index (χ2n) is 10.3. The van der Waals surface area contributed by atoms with E-state index in [1.807, 2.05) is 48.7 Å². The van der Waals surface area contributed by atoms with Crippen LogP contribution < -0.4 is 16.0 Å². The maximum absolute atomic E-state index is 13.6. The number of nitrogens with one attached hydrogen (secondary N) is 3. The average molecular weight is 569 g/mol. The van der Waals surface area contributed by atoms with Crippen LogP contribution in [-0.2, 0) is 17.9 Å². The number of rotatable bonds is 11. The van der Waals surface area contributed by atoms with E-state index in [-0.39, 0.29) is 5.91 Å². The Morgan fingerprint density at radius 2 is 1.88 bits per heavy atom. The van der Waals surface area contributed by atoms with Crippen LogP contribution in [0.5, 0.6) is 0 Å². The molecule has 210 valence electrons. The minimum Gasteiger partial charge on any atom is -0.358 e. The fourth-order valence-corrected chi connectivity index (χ4v) is 5.32. The van der Waals surface area contributed by atoms with Gasteiger partial charge < -0.3 is 16.0 Å². The summed E-state index contributed by atoms with van der Waals surface area (Å²) in [6.07, 6.45) is 11.8. The summed E-state index contributed by atoms with van der Waals surface area (Å²) >= 11 is 6.16. The Morgan fingerprint density at radius 3 is 2.61 bits per heavy atom. The van der Waals surface area contributed by atoms with Crippen LogP contribution in [0.4, 0.5) is 17.5 Å². The number of imidazole rings is 1. The van der Waals surface area contributed by atoms with Crippen molar-refractivity contribution in [2.75, 3.05) is 10.6 Å². The van der Waals surface area contributed by atoms with Gasteiger partial charge in [-0.3, -0.25) is 9.36 Å². The Bertz CT molecular complexity index is 1480. The van der Waals surface area contributed by atoms with Crippen LogP contribution >= 0.6 is 11.6 Å². The van der Waals surface area contributed by atoms with Gasteiger partial charge >= 0.3 is 0 Å². The first-order valence-corrected chi connectivity index (χ1v) is 14.3. The van der Waals surface area contributed by atoms with Crippen LogP contribution in [0.15, 0.2) is 73.3 Å². The fraction of sp³-hybridized carbons (Fsp3) is 0.323. The second-order valence-corrected chi connectivity index (χ2v) is 10.8. The van der Waals surface area contributed by atoms with Crippen LogP contribution in [0.1, 0.15) is 49.7 Å². The highest BCUT2D eigenvalue weighted by atomic mass is 35.5. The molecule has 0 aliphatic heterocycles. The summed E-state index contributed by atoms with van der Waals surface area (Å²) in [5, 5.41) is 10.5. The summed E-state index contributed by atoms with van der Waals surface area (Å²) in [6, 6.07) is 16.3. The zero-order chi connectivity index (χ0) is 28.4. The van der Waals surface area contributed by atoms with E-state index in [1.165, 1.54) is 19.3 Å². The van der Waals surface area contributed by atoms with Crippen molar-refractivity contribution in [1.29, 1.82) is 0 Å². The SMILES string of the molecule is [C-]#[N+]c1ccc(CNC(=O)[C@@H](CC2CCCCC2)Nc2cc(-n3ccnc3)nc(NCc3cccc(Cl)c3)n2)cc1. The van der Waals surface area contributed by atoms with Crippen LogP contribution in [-0.4, -0.2) is 31.5 Å². The number of anilines is 2. The van der Waals surface area contributed by atoms with Crippen molar-refractivity contribution in [3.63, 3.8) is 0 Å². The van der Waals surface area contributed by atoms with E-state index in [4.69, 9.17) is 23.2 Å². The Labute approximate surface area is 245 Å². The van der Waals surface area contributed by atoms with Gasteiger partial charge in [0.15, 0.2) is 5.69 Å². The van der Waals surface area contributed by atoms with E-state index in [1.54, 1.807) is 29.2 Å². The van der Waals surface area contributed by atoms with E-state index < -0.39 is 6.04 Å². The van der Waals surface area contributed by atoms with Crippen molar-refractivity contribution in [2.45, 2.75) is 57.7 Å². The summed E-state index contributed by atoms with van der Waals surface area (Å²) in [6.45, 7) is 8.02. The number of nitrogens with zero attached hydrogens (tertiary/aromatic N) is 5. The minimum atomic E-state index is -0.466. The lowest BCUT2D eigenvalue weighted by Gasteiger charge is -2.27. The molecule has 2 heterocycles. The number of benzene rings is 2. The molecular weight excluding hydrogens is 536 g/mol. The van der Waals surface area contributed by atoms with Gasteiger partial charge in [-0.2, -0.15) is 9.97 Å². The van der Waals surface area contributed by atoms with Gasteiger partial charge in [0.05, 0.1) is 6.57 Å². The van der Waals surface area contributed by atoms with Gasteiger partial charge in [0.25, 0.3) is 0 Å². The predicted molar refractivity (Wildman–Crippen MR) is 161 cm³/mol. The molecule has 1 atom stereocenters. The highest BCUT2D eigenvalue weighted by molar-refractivity contribution is 6.30. The molecule has 1 aliphatic rings. The lowest BCUT2D eigenvalue weighted by atomic mass is 9.84. The summed E-state index contributed by atoms with van der Waals surface area (Å²) < 4.78 is 1.81. The van der Waals surface area contributed by atoms with Crippen molar-refractivity contribution < 1.29 is 4.79 Å². The fourth-order valence-electron chi connectivity index (χ4n) is 5.11. The largest absolute Gasteiger partial charge is 0.358 e. The van der Waals surface area contributed by atoms with Gasteiger partial charge in [0, 0.05) is 36.6 Å². The van der Waals surface area contributed by atoms with E-state index in [0.29, 0.717) is 47.3 Å². The third kappa shape index (κ3) is 8.05. The molecule has 2 aromatic heterocycles. The molecule has 0 unspecified atom stereocenters. The number of aromatic nitrogens is 4. The molecule has 0 spiro atoms. The Hall–Kier alpha value is -4.42. The standard InChI is InChI=1S/C31H33ClN8O/c1-33-26-12-10-23(11-13-26)19-35-30(41)27(17-22-6-3-2-4-7-22)37-28-18-29(40-15-14-34-21-40)39-31(38-28)36-20-24-8-5-9-25(32)16-24/h5,8-16,18,21-22,27H,2-4,6-7,17,19-20H2,(H,35,41)(H2,36,37,38,39)/t27-/m1/s1. The van der Waals surface area contributed by atoms with Gasteiger partial charge in [-0.15, -0.1) is 0 Å². The number of carbonyl (C=O) groups is 1. The van der Waals surface area contributed by atoms with Gasteiger partial charge in [0.2, 0.25) is 11.9 Å². The van der Waals surface area contributed by atoms with Gasteiger partial charge in [-0.1, -0.05) is 80.1 Å². The number of halogens is 1. The quantitative estimate of drug-likeness (QED) is 0.177. The van der Waals surface area contributed by atoms with Gasteiger partial charge in [0.1, 0.15) is 24.0 Å². The molecule has 1 aliphatic carbocycles. The Morgan fingerprint density at radius 1 is 1.05 bits per heavy atom. The second kappa shape index (κ2) is 13.8. The summed E-state index contributed by atoms with van der Waals surface area (Å²) in [4.78, 5) is 30.5. The monoisotopic (exact) mass is 568 g/mol. The zero-order valence-corrected chi connectivity index (χ0v) is 23.5. The third-order valence-corrected chi connectivity index (χ3v) is 7.52. The molecule has 1 fully saturated rings. The molecule has 0 saturated heterocycles. The van der Waals surface area contributed by atoms with Crippen LogP contribution in [0.25, 0.3) is 10.7 Å². The molecule has 1 amide bonds. The number of amides is 1. The molecule has 3 N–H and O–H groups in total. The zero-order valence-electron chi connectivity index (χ0n) is 22.8. The van der Waals surface area contributed by atoms with E-state index in [0.717, 1.165) is 30.4 Å². The normalized spacial score (nSPS) is 14.1. The van der Waals surface area contributed by atoms with Gasteiger partial charge in [-0.25, -0.2) is 9.83 Å². The summed E-state index contributed by atoms with van der Waals surface area (Å²) in [5.74, 6) is 2.00. The first kappa shape index (κ1) is 28.1. The lowest BCUT2D eigenvalue weighted by molar-refractivity contribution is -0.122. The Kier molecular flexibility index (Phi) is 9.45. The molecule has 1 saturated carbocycles. The average Bonchev–Trinajstić information content (AvgIpc) is 3.55. The molecule has 0 radical (unpaired) electrons. The van der Waals surface area contributed by atoms with Crippen LogP contribution in [0, 0.1) is 12.5 Å². The molecule has 41 heavy (non-hydrogen) atoms. The summed E-state index contributed by atoms with van der Waals surface area (Å²) in [7, 11) is 0. The van der Waals surface area contributed by atoms with Crippen LogP contribution in [0.2, 0.25) is 5.02 Å². The lowest BCUT2D eigenvalue weighted by Crippen LogP contribution is -2.41. The van der Waals surface area contributed by atoms with Crippen molar-refractivity contribution in [3.05, 3.63) is 101 Å². The molecular formula is C31H33ClN8O. The predicted octanol–water partition coefficient (Wildman–Crippen LogP) is 6.55. The minimum absolute atomic E-state index is 0.0824. The molecule has 0 bridgehead atoms.